The number of carbonyl (C=O) groups excluding carboxylic acids is 2. The number of hydrogen-bond acceptors (Lipinski definition) is 4. The van der Waals surface area contributed by atoms with Gasteiger partial charge in [-0.05, 0) is 43.5 Å². The minimum absolute atomic E-state index is 0.0593. The molecular weight excluding hydrogens is 332 g/mol. The average Bonchev–Trinajstić information content (AvgIpc) is 2.64. The molecule has 0 bridgehead atoms. The topological polar surface area (TPSA) is 87.7 Å². The van der Waals surface area contributed by atoms with Crippen LogP contribution in [0.1, 0.15) is 35.7 Å². The zero-order chi connectivity index (χ0) is 18.8. The molecule has 138 valence electrons. The summed E-state index contributed by atoms with van der Waals surface area (Å²) in [6, 6.07) is 15.6. The second-order valence-electron chi connectivity index (χ2n) is 6.06. The lowest BCUT2D eigenvalue weighted by Crippen LogP contribution is -2.34. The number of aromatic hydroxyl groups is 1. The highest BCUT2D eigenvalue weighted by Crippen LogP contribution is 2.10. The molecule has 6 heteroatoms. The maximum absolute atomic E-state index is 11.9. The quantitative estimate of drug-likeness (QED) is 0.634. The highest BCUT2D eigenvalue weighted by Gasteiger charge is 2.09. The lowest BCUT2D eigenvalue weighted by atomic mass is 10.1. The number of rotatable bonds is 8. The molecule has 0 aromatic heterocycles. The fourth-order valence-electron chi connectivity index (χ4n) is 2.40. The number of alkyl carbamates (subject to hydrolysis) is 1. The monoisotopic (exact) mass is 356 g/mol. The lowest BCUT2D eigenvalue weighted by molar-refractivity contribution is 0.0951. The van der Waals surface area contributed by atoms with E-state index in [1.54, 1.807) is 12.1 Å². The largest absolute Gasteiger partial charge is 0.508 e. The minimum atomic E-state index is -0.454. The van der Waals surface area contributed by atoms with Crippen LogP contribution in [0.25, 0.3) is 0 Å². The Labute approximate surface area is 153 Å². The standard InChI is InChI=1S/C20H24N2O4/c1-15(22-20(25)26-14-16-8-3-2-4-9-16)7-6-12-21-19(24)17-10-5-11-18(23)13-17/h2-5,8-11,13,15,23H,6-7,12,14H2,1H3,(H,21,24)(H,22,25)/t15-/m1/s1. The van der Waals surface area contributed by atoms with Crippen LogP contribution < -0.4 is 10.6 Å². The molecule has 2 amide bonds. The fraction of sp³-hybridized carbons (Fsp3) is 0.300. The second kappa shape index (κ2) is 10.1. The van der Waals surface area contributed by atoms with Crippen LogP contribution in [0.3, 0.4) is 0 Å². The van der Waals surface area contributed by atoms with E-state index in [-0.39, 0.29) is 24.3 Å². The van der Waals surface area contributed by atoms with Crippen LogP contribution in [-0.2, 0) is 11.3 Å². The second-order valence-corrected chi connectivity index (χ2v) is 6.06. The summed E-state index contributed by atoms with van der Waals surface area (Å²) in [7, 11) is 0. The van der Waals surface area contributed by atoms with Crippen LogP contribution in [-0.4, -0.2) is 29.7 Å². The number of ether oxygens (including phenoxy) is 1. The minimum Gasteiger partial charge on any atom is -0.508 e. The number of nitrogens with one attached hydrogen (secondary N) is 2. The number of phenolic OH excluding ortho intramolecular Hbond substituents is 1. The van der Waals surface area contributed by atoms with E-state index in [4.69, 9.17) is 4.74 Å². The first-order valence-electron chi connectivity index (χ1n) is 8.59. The molecule has 0 heterocycles. The lowest BCUT2D eigenvalue weighted by Gasteiger charge is -2.14. The van der Waals surface area contributed by atoms with Crippen molar-refractivity contribution in [2.75, 3.05) is 6.54 Å². The van der Waals surface area contributed by atoms with Crippen molar-refractivity contribution in [3.8, 4) is 5.75 Å². The summed E-state index contributed by atoms with van der Waals surface area (Å²) >= 11 is 0. The van der Waals surface area contributed by atoms with Crippen LogP contribution >= 0.6 is 0 Å². The van der Waals surface area contributed by atoms with Gasteiger partial charge in [-0.25, -0.2) is 4.79 Å². The maximum atomic E-state index is 11.9. The molecule has 0 unspecified atom stereocenters. The summed E-state index contributed by atoms with van der Waals surface area (Å²) in [5.41, 5.74) is 1.35. The van der Waals surface area contributed by atoms with Crippen molar-refractivity contribution < 1.29 is 19.4 Å². The number of amides is 2. The summed E-state index contributed by atoms with van der Waals surface area (Å²) in [6.07, 6.45) is 0.969. The van der Waals surface area contributed by atoms with E-state index in [1.807, 2.05) is 37.3 Å². The Balaban J connectivity index is 1.60. The van der Waals surface area contributed by atoms with Crippen molar-refractivity contribution >= 4 is 12.0 Å². The summed E-state index contributed by atoms with van der Waals surface area (Å²) in [5, 5.41) is 14.9. The molecule has 0 spiro atoms. The Morgan fingerprint density at radius 3 is 2.62 bits per heavy atom. The molecule has 2 rings (SSSR count). The normalized spacial score (nSPS) is 11.4. The van der Waals surface area contributed by atoms with Crippen molar-refractivity contribution in [2.45, 2.75) is 32.4 Å². The van der Waals surface area contributed by atoms with Gasteiger partial charge in [0.2, 0.25) is 0 Å². The van der Waals surface area contributed by atoms with Gasteiger partial charge in [0.1, 0.15) is 12.4 Å². The molecule has 0 saturated carbocycles. The van der Waals surface area contributed by atoms with Crippen molar-refractivity contribution in [1.82, 2.24) is 10.6 Å². The molecule has 3 N–H and O–H groups in total. The number of phenols is 1. The van der Waals surface area contributed by atoms with Gasteiger partial charge in [0.15, 0.2) is 0 Å². The van der Waals surface area contributed by atoms with Gasteiger partial charge in [0, 0.05) is 18.2 Å². The fourth-order valence-corrected chi connectivity index (χ4v) is 2.40. The van der Waals surface area contributed by atoms with E-state index in [1.165, 1.54) is 12.1 Å². The Morgan fingerprint density at radius 2 is 1.88 bits per heavy atom. The van der Waals surface area contributed by atoms with Crippen LogP contribution in [0.2, 0.25) is 0 Å². The molecule has 26 heavy (non-hydrogen) atoms. The van der Waals surface area contributed by atoms with E-state index in [0.29, 0.717) is 24.9 Å². The number of carbonyl (C=O) groups is 2. The Morgan fingerprint density at radius 1 is 1.12 bits per heavy atom. The molecule has 0 aliphatic carbocycles. The zero-order valence-corrected chi connectivity index (χ0v) is 14.8. The van der Waals surface area contributed by atoms with Crippen molar-refractivity contribution in [3.05, 3.63) is 65.7 Å². The molecule has 0 saturated heterocycles. The average molecular weight is 356 g/mol. The molecule has 6 nitrogen and oxygen atoms in total. The van der Waals surface area contributed by atoms with Crippen molar-refractivity contribution in [2.24, 2.45) is 0 Å². The molecule has 2 aromatic rings. The Kier molecular flexibility index (Phi) is 7.49. The van der Waals surface area contributed by atoms with Gasteiger partial charge < -0.3 is 20.5 Å². The maximum Gasteiger partial charge on any atom is 0.407 e. The van der Waals surface area contributed by atoms with Crippen molar-refractivity contribution in [3.63, 3.8) is 0 Å². The predicted molar refractivity (Wildman–Crippen MR) is 98.9 cm³/mol. The molecule has 0 radical (unpaired) electrons. The predicted octanol–water partition coefficient (Wildman–Crippen LogP) is 3.22. The molecule has 2 aromatic carbocycles. The Hall–Kier alpha value is -3.02. The number of hydrogen-bond donors (Lipinski definition) is 3. The van der Waals surface area contributed by atoms with E-state index >= 15 is 0 Å². The first-order chi connectivity index (χ1) is 12.5. The SMILES string of the molecule is C[C@H](CCCNC(=O)c1cccc(O)c1)NC(=O)OCc1ccccc1. The summed E-state index contributed by atoms with van der Waals surface area (Å²) in [6.45, 7) is 2.61. The first kappa shape index (κ1) is 19.3. The molecular formula is C20H24N2O4. The van der Waals surface area contributed by atoms with Gasteiger partial charge in [-0.15, -0.1) is 0 Å². The third-order valence-electron chi connectivity index (χ3n) is 3.78. The number of benzene rings is 2. The van der Waals surface area contributed by atoms with E-state index < -0.39 is 6.09 Å². The van der Waals surface area contributed by atoms with Gasteiger partial charge in [-0.3, -0.25) is 4.79 Å². The van der Waals surface area contributed by atoms with Crippen LogP contribution in [0.15, 0.2) is 54.6 Å². The van der Waals surface area contributed by atoms with Crippen LogP contribution in [0.5, 0.6) is 5.75 Å². The van der Waals surface area contributed by atoms with Gasteiger partial charge >= 0.3 is 6.09 Å². The third kappa shape index (κ3) is 6.84. The Bertz CT molecular complexity index is 719. The molecule has 0 fully saturated rings. The van der Waals surface area contributed by atoms with Crippen LogP contribution in [0.4, 0.5) is 4.79 Å². The van der Waals surface area contributed by atoms with E-state index in [2.05, 4.69) is 10.6 Å². The highest BCUT2D eigenvalue weighted by molar-refractivity contribution is 5.94. The van der Waals surface area contributed by atoms with Gasteiger partial charge in [0.25, 0.3) is 5.91 Å². The molecule has 0 aliphatic heterocycles. The van der Waals surface area contributed by atoms with E-state index in [9.17, 15) is 14.7 Å². The van der Waals surface area contributed by atoms with Crippen LogP contribution in [0, 0.1) is 0 Å². The van der Waals surface area contributed by atoms with Gasteiger partial charge in [0.05, 0.1) is 0 Å². The smallest absolute Gasteiger partial charge is 0.407 e. The van der Waals surface area contributed by atoms with E-state index in [0.717, 1.165) is 5.56 Å². The molecule has 0 aliphatic rings. The highest BCUT2D eigenvalue weighted by atomic mass is 16.5. The first-order valence-corrected chi connectivity index (χ1v) is 8.59. The van der Waals surface area contributed by atoms with Gasteiger partial charge in [-0.1, -0.05) is 36.4 Å². The van der Waals surface area contributed by atoms with Gasteiger partial charge in [-0.2, -0.15) is 0 Å². The van der Waals surface area contributed by atoms with Crippen molar-refractivity contribution in [1.29, 1.82) is 0 Å². The molecule has 1 atom stereocenters. The summed E-state index contributed by atoms with van der Waals surface area (Å²) in [4.78, 5) is 23.7. The zero-order valence-electron chi connectivity index (χ0n) is 14.8. The summed E-state index contributed by atoms with van der Waals surface area (Å²) < 4.78 is 5.17. The third-order valence-corrected chi connectivity index (χ3v) is 3.78. The summed E-state index contributed by atoms with van der Waals surface area (Å²) in [5.74, 6) is -0.173.